The molecule has 0 spiro atoms. The number of likely N-dealkylation sites (tertiary alicyclic amines) is 1. The summed E-state index contributed by atoms with van der Waals surface area (Å²) in [6.45, 7) is 3.91. The molecule has 0 saturated carbocycles. The number of carbonyl (C=O) groups is 2. The molecule has 4 nitrogen and oxygen atoms in total. The highest BCUT2D eigenvalue weighted by Gasteiger charge is 2.30. The Morgan fingerprint density at radius 1 is 1.46 bits per heavy atom. The van der Waals surface area contributed by atoms with Gasteiger partial charge >= 0.3 is 6.09 Å². The number of carboxylic acid groups (broad SMARTS) is 1. The lowest BCUT2D eigenvalue weighted by Gasteiger charge is -2.34. The van der Waals surface area contributed by atoms with Crippen LogP contribution in [-0.2, 0) is 4.79 Å². The Labute approximate surface area is 77.5 Å². The third-order valence-corrected chi connectivity index (χ3v) is 2.70. The molecule has 0 bridgehead atoms. The van der Waals surface area contributed by atoms with Crippen molar-refractivity contribution in [2.45, 2.75) is 32.7 Å². The first-order chi connectivity index (χ1) is 6.02. The van der Waals surface area contributed by atoms with Crippen molar-refractivity contribution < 1.29 is 14.7 Å². The van der Waals surface area contributed by atoms with Crippen LogP contribution in [0.2, 0.25) is 0 Å². The summed E-state index contributed by atoms with van der Waals surface area (Å²) in [5.41, 5.74) is 0. The monoisotopic (exact) mass is 185 g/mol. The van der Waals surface area contributed by atoms with Gasteiger partial charge in [0, 0.05) is 18.5 Å². The highest BCUT2D eigenvalue weighted by atomic mass is 16.4. The second-order valence-corrected chi connectivity index (χ2v) is 3.66. The first-order valence-corrected chi connectivity index (χ1v) is 4.52. The summed E-state index contributed by atoms with van der Waals surface area (Å²) >= 11 is 0. The summed E-state index contributed by atoms with van der Waals surface area (Å²) in [7, 11) is 0. The van der Waals surface area contributed by atoms with E-state index in [0.717, 1.165) is 0 Å². The molecule has 74 valence electrons. The van der Waals surface area contributed by atoms with E-state index in [1.54, 1.807) is 6.92 Å². The Morgan fingerprint density at radius 3 is 2.46 bits per heavy atom. The predicted molar refractivity (Wildman–Crippen MR) is 47.6 cm³/mol. The minimum absolute atomic E-state index is 0.0276. The Hall–Kier alpha value is -1.06. The van der Waals surface area contributed by atoms with Gasteiger partial charge in [0.15, 0.2) is 0 Å². The Bertz CT molecular complexity index is 227. The molecule has 2 unspecified atom stereocenters. The smallest absolute Gasteiger partial charge is 0.407 e. The van der Waals surface area contributed by atoms with E-state index in [1.165, 1.54) is 4.90 Å². The highest BCUT2D eigenvalue weighted by Crippen LogP contribution is 2.23. The fourth-order valence-corrected chi connectivity index (χ4v) is 1.83. The fourth-order valence-electron chi connectivity index (χ4n) is 1.83. The van der Waals surface area contributed by atoms with Crippen molar-refractivity contribution in [3.8, 4) is 0 Å². The van der Waals surface area contributed by atoms with E-state index < -0.39 is 6.09 Å². The van der Waals surface area contributed by atoms with Crippen molar-refractivity contribution in [3.63, 3.8) is 0 Å². The van der Waals surface area contributed by atoms with Crippen LogP contribution in [0.25, 0.3) is 0 Å². The zero-order valence-corrected chi connectivity index (χ0v) is 7.99. The minimum atomic E-state index is -0.880. The quantitative estimate of drug-likeness (QED) is 0.671. The minimum Gasteiger partial charge on any atom is -0.465 e. The van der Waals surface area contributed by atoms with Gasteiger partial charge in [-0.3, -0.25) is 4.79 Å². The molecule has 0 aromatic heterocycles. The van der Waals surface area contributed by atoms with Gasteiger partial charge in [-0.25, -0.2) is 4.79 Å². The highest BCUT2D eigenvalue weighted by molar-refractivity contribution is 5.78. The Balaban J connectivity index is 2.56. The third-order valence-electron chi connectivity index (χ3n) is 2.70. The molecule has 1 saturated heterocycles. The maximum atomic E-state index is 11.1. The number of amides is 1. The van der Waals surface area contributed by atoms with Crippen molar-refractivity contribution in [2.75, 3.05) is 6.54 Å². The van der Waals surface area contributed by atoms with Crippen molar-refractivity contribution >= 4 is 11.9 Å². The topological polar surface area (TPSA) is 57.6 Å². The van der Waals surface area contributed by atoms with Gasteiger partial charge in [-0.1, -0.05) is 0 Å². The summed E-state index contributed by atoms with van der Waals surface area (Å²) < 4.78 is 0. The molecular weight excluding hydrogens is 170 g/mol. The van der Waals surface area contributed by atoms with E-state index in [4.69, 9.17) is 5.11 Å². The van der Waals surface area contributed by atoms with Crippen LogP contribution in [0.4, 0.5) is 4.79 Å². The first kappa shape index (κ1) is 10.0. The fraction of sp³-hybridized carbons (Fsp3) is 0.778. The third kappa shape index (κ3) is 2.20. The van der Waals surface area contributed by atoms with Crippen LogP contribution in [0, 0.1) is 5.92 Å². The molecule has 1 heterocycles. The van der Waals surface area contributed by atoms with E-state index in [-0.39, 0.29) is 17.7 Å². The zero-order valence-electron chi connectivity index (χ0n) is 7.99. The normalized spacial score (nSPS) is 28.6. The molecule has 1 N–H and O–H groups in total. The van der Waals surface area contributed by atoms with Crippen LogP contribution in [0.5, 0.6) is 0 Å². The lowest BCUT2D eigenvalue weighted by atomic mass is 9.89. The first-order valence-electron chi connectivity index (χ1n) is 4.52. The van der Waals surface area contributed by atoms with Crippen molar-refractivity contribution in [1.29, 1.82) is 0 Å². The van der Waals surface area contributed by atoms with Crippen LogP contribution in [0.3, 0.4) is 0 Å². The molecular formula is C9H15NO3. The van der Waals surface area contributed by atoms with Gasteiger partial charge in [-0.2, -0.15) is 0 Å². The van der Waals surface area contributed by atoms with E-state index in [1.807, 2.05) is 6.92 Å². The van der Waals surface area contributed by atoms with Gasteiger partial charge in [0.25, 0.3) is 0 Å². The number of nitrogens with zero attached hydrogens (tertiary/aromatic N) is 1. The molecule has 2 atom stereocenters. The van der Waals surface area contributed by atoms with Gasteiger partial charge in [-0.05, 0) is 26.7 Å². The van der Waals surface area contributed by atoms with Crippen LogP contribution < -0.4 is 0 Å². The second-order valence-electron chi connectivity index (χ2n) is 3.66. The predicted octanol–water partition coefficient (Wildman–Crippen LogP) is 1.35. The molecule has 13 heavy (non-hydrogen) atoms. The van der Waals surface area contributed by atoms with Crippen LogP contribution >= 0.6 is 0 Å². The molecule has 0 aromatic carbocycles. The average molecular weight is 185 g/mol. The molecule has 0 aromatic rings. The molecule has 4 heteroatoms. The maximum absolute atomic E-state index is 11.1. The molecule has 1 fully saturated rings. The summed E-state index contributed by atoms with van der Waals surface area (Å²) in [6.07, 6.45) is 0.461. The number of hydrogen-bond acceptors (Lipinski definition) is 2. The standard InChI is InChI=1S/C9H15NO3/c1-6-5-8(7(2)11)3-4-10(6)9(12)13/h6,8H,3-5H2,1-2H3,(H,12,13). The lowest BCUT2D eigenvalue weighted by molar-refractivity contribution is -0.122. The Morgan fingerprint density at radius 2 is 2.08 bits per heavy atom. The van der Waals surface area contributed by atoms with Crippen LogP contribution in [0.1, 0.15) is 26.7 Å². The second kappa shape index (κ2) is 3.77. The summed E-state index contributed by atoms with van der Waals surface area (Å²) in [5.74, 6) is 0.238. The van der Waals surface area contributed by atoms with Crippen LogP contribution in [0.15, 0.2) is 0 Å². The number of Topliss-reactive ketones (excluding diaryl/α,β-unsaturated/α-hetero) is 1. The number of rotatable bonds is 1. The van der Waals surface area contributed by atoms with Gasteiger partial charge in [0.1, 0.15) is 5.78 Å². The lowest BCUT2D eigenvalue weighted by Crippen LogP contribution is -2.45. The molecule has 0 aliphatic carbocycles. The van der Waals surface area contributed by atoms with Gasteiger partial charge < -0.3 is 10.0 Å². The van der Waals surface area contributed by atoms with Gasteiger partial charge in [-0.15, -0.1) is 0 Å². The zero-order chi connectivity index (χ0) is 10.0. The van der Waals surface area contributed by atoms with E-state index in [2.05, 4.69) is 0 Å². The number of ketones is 1. The Kier molecular flexibility index (Phi) is 2.90. The van der Waals surface area contributed by atoms with Gasteiger partial charge in [0.05, 0.1) is 0 Å². The largest absolute Gasteiger partial charge is 0.465 e. The van der Waals surface area contributed by atoms with E-state index in [0.29, 0.717) is 19.4 Å². The van der Waals surface area contributed by atoms with E-state index in [9.17, 15) is 9.59 Å². The number of hydrogen-bond donors (Lipinski definition) is 1. The molecule has 1 aliphatic heterocycles. The average Bonchev–Trinajstić information content (AvgIpc) is 2.03. The van der Waals surface area contributed by atoms with Crippen molar-refractivity contribution in [1.82, 2.24) is 4.90 Å². The summed E-state index contributed by atoms with van der Waals surface area (Å²) in [5, 5.41) is 8.77. The van der Waals surface area contributed by atoms with Crippen LogP contribution in [-0.4, -0.2) is 34.5 Å². The maximum Gasteiger partial charge on any atom is 0.407 e. The summed E-state index contributed by atoms with van der Waals surface area (Å²) in [6, 6.07) is -0.0276. The number of piperidine rings is 1. The molecule has 0 radical (unpaired) electrons. The molecule has 1 amide bonds. The van der Waals surface area contributed by atoms with Crippen molar-refractivity contribution in [3.05, 3.63) is 0 Å². The van der Waals surface area contributed by atoms with Crippen molar-refractivity contribution in [2.24, 2.45) is 5.92 Å². The molecule has 1 rings (SSSR count). The molecule has 1 aliphatic rings. The van der Waals surface area contributed by atoms with Gasteiger partial charge in [0.2, 0.25) is 0 Å². The number of carbonyl (C=O) groups excluding carboxylic acids is 1. The SMILES string of the molecule is CC(=O)C1CCN(C(=O)O)C(C)C1. The van der Waals surface area contributed by atoms with E-state index >= 15 is 0 Å². The summed E-state index contributed by atoms with van der Waals surface area (Å²) in [4.78, 5) is 23.1.